The monoisotopic (exact) mass is 283 g/mol. The van der Waals surface area contributed by atoms with E-state index in [1.807, 2.05) is 60.1 Å². The van der Waals surface area contributed by atoms with E-state index in [1.165, 1.54) is 7.11 Å². The van der Waals surface area contributed by atoms with E-state index in [-0.39, 0.29) is 12.0 Å². The molecule has 0 N–H and O–H groups in total. The molecule has 1 aliphatic rings. The zero-order valence-electron chi connectivity index (χ0n) is 12.3. The second kappa shape index (κ2) is 5.09. The first-order valence-corrected chi connectivity index (χ1v) is 6.73. The maximum atomic E-state index is 12.3. The summed E-state index contributed by atoms with van der Waals surface area (Å²) in [5, 5.41) is 0. The smallest absolute Gasteiger partial charge is 0.338 e. The molecule has 5 heteroatoms. The highest BCUT2D eigenvalue weighted by Gasteiger charge is 2.38. The lowest BCUT2D eigenvalue weighted by Crippen LogP contribution is -2.18. The van der Waals surface area contributed by atoms with Crippen LogP contribution in [-0.2, 0) is 9.53 Å². The average molecular weight is 283 g/mol. The van der Waals surface area contributed by atoms with Gasteiger partial charge in [-0.05, 0) is 5.56 Å². The topological polar surface area (TPSA) is 47.4 Å². The van der Waals surface area contributed by atoms with Gasteiger partial charge in [-0.3, -0.25) is 0 Å². The van der Waals surface area contributed by atoms with Crippen molar-refractivity contribution in [3.63, 3.8) is 0 Å². The second-order valence-electron chi connectivity index (χ2n) is 5.12. The molecular weight excluding hydrogens is 266 g/mol. The van der Waals surface area contributed by atoms with Crippen LogP contribution in [0.25, 0.3) is 5.70 Å². The number of aromatic nitrogens is 2. The Hall–Kier alpha value is -2.56. The first kappa shape index (κ1) is 13.4. The quantitative estimate of drug-likeness (QED) is 0.808. The molecule has 0 amide bonds. The summed E-state index contributed by atoms with van der Waals surface area (Å²) in [6.45, 7) is 0. The van der Waals surface area contributed by atoms with Crippen molar-refractivity contribution in [2.45, 2.75) is 6.04 Å². The Labute approximate surface area is 123 Å². The number of carbonyl (C=O) groups excluding carboxylic acids is 1. The first-order valence-electron chi connectivity index (χ1n) is 6.73. The highest BCUT2D eigenvalue weighted by molar-refractivity contribution is 5.99. The molecule has 1 aromatic carbocycles. The summed E-state index contributed by atoms with van der Waals surface area (Å²) in [6.07, 6.45) is 3.65. The molecule has 0 saturated heterocycles. The van der Waals surface area contributed by atoms with E-state index in [9.17, 15) is 4.79 Å². The van der Waals surface area contributed by atoms with Crippen LogP contribution in [0.1, 0.15) is 17.4 Å². The molecule has 1 aromatic heterocycles. The van der Waals surface area contributed by atoms with E-state index in [0.29, 0.717) is 5.57 Å². The molecule has 0 bridgehead atoms. The number of hydrogen-bond acceptors (Lipinski definition) is 4. The predicted molar refractivity (Wildman–Crippen MR) is 79.4 cm³/mol. The molecule has 1 atom stereocenters. The van der Waals surface area contributed by atoms with Crippen molar-refractivity contribution in [1.29, 1.82) is 0 Å². The van der Waals surface area contributed by atoms with Gasteiger partial charge < -0.3 is 14.2 Å². The Morgan fingerprint density at radius 1 is 1.29 bits per heavy atom. The average Bonchev–Trinajstić information content (AvgIpc) is 3.06. The fraction of sp³-hybridized carbons (Fsp3) is 0.250. The lowest BCUT2D eigenvalue weighted by Gasteiger charge is -2.18. The highest BCUT2D eigenvalue weighted by Crippen LogP contribution is 2.40. The first-order chi connectivity index (χ1) is 10.1. The third kappa shape index (κ3) is 2.01. The standard InChI is InChI=1S/C16H17N3O2/c1-18(2)14-12(16(20)21-3)13(11-7-5-4-6-8-11)19-10-9-17-15(14)19/h4-10,13H,1-3H3. The van der Waals surface area contributed by atoms with Gasteiger partial charge in [-0.1, -0.05) is 30.3 Å². The largest absolute Gasteiger partial charge is 0.466 e. The van der Waals surface area contributed by atoms with Crippen LogP contribution in [0.5, 0.6) is 0 Å². The maximum Gasteiger partial charge on any atom is 0.338 e. The van der Waals surface area contributed by atoms with E-state index in [4.69, 9.17) is 4.74 Å². The number of methoxy groups -OCH3 is 1. The summed E-state index contributed by atoms with van der Waals surface area (Å²) in [6, 6.07) is 9.71. The van der Waals surface area contributed by atoms with Gasteiger partial charge in [0.15, 0.2) is 5.82 Å². The van der Waals surface area contributed by atoms with Crippen LogP contribution in [0.15, 0.2) is 48.3 Å². The fourth-order valence-electron chi connectivity index (χ4n) is 2.82. The van der Waals surface area contributed by atoms with Crippen LogP contribution in [0.3, 0.4) is 0 Å². The van der Waals surface area contributed by atoms with Gasteiger partial charge in [0, 0.05) is 26.5 Å². The van der Waals surface area contributed by atoms with Crippen LogP contribution < -0.4 is 0 Å². The molecule has 0 aliphatic carbocycles. The fourth-order valence-corrected chi connectivity index (χ4v) is 2.82. The molecule has 2 aromatic rings. The van der Waals surface area contributed by atoms with E-state index in [0.717, 1.165) is 17.1 Å². The Bertz CT molecular complexity index is 701. The maximum absolute atomic E-state index is 12.3. The van der Waals surface area contributed by atoms with Crippen LogP contribution in [-0.4, -0.2) is 41.6 Å². The summed E-state index contributed by atoms with van der Waals surface area (Å²) in [4.78, 5) is 18.6. The van der Waals surface area contributed by atoms with Gasteiger partial charge >= 0.3 is 5.97 Å². The van der Waals surface area contributed by atoms with E-state index in [2.05, 4.69) is 4.98 Å². The number of ether oxygens (including phenoxy) is 1. The van der Waals surface area contributed by atoms with Crippen molar-refractivity contribution in [3.8, 4) is 0 Å². The second-order valence-corrected chi connectivity index (χ2v) is 5.12. The molecule has 0 radical (unpaired) electrons. The van der Waals surface area contributed by atoms with Crippen LogP contribution in [0.4, 0.5) is 0 Å². The van der Waals surface area contributed by atoms with Crippen LogP contribution in [0, 0.1) is 0 Å². The molecule has 0 spiro atoms. The highest BCUT2D eigenvalue weighted by atomic mass is 16.5. The third-order valence-corrected chi connectivity index (χ3v) is 3.66. The van der Waals surface area contributed by atoms with Crippen molar-refractivity contribution in [2.75, 3.05) is 21.2 Å². The number of benzene rings is 1. The third-order valence-electron chi connectivity index (χ3n) is 3.66. The van der Waals surface area contributed by atoms with Crippen molar-refractivity contribution < 1.29 is 9.53 Å². The van der Waals surface area contributed by atoms with Crippen molar-refractivity contribution >= 4 is 11.7 Å². The van der Waals surface area contributed by atoms with E-state index < -0.39 is 0 Å². The van der Waals surface area contributed by atoms with Gasteiger partial charge in [-0.15, -0.1) is 0 Å². The minimum Gasteiger partial charge on any atom is -0.466 e. The van der Waals surface area contributed by atoms with Gasteiger partial charge in [-0.25, -0.2) is 9.78 Å². The molecule has 21 heavy (non-hydrogen) atoms. The molecule has 1 unspecified atom stereocenters. The molecule has 1 aliphatic heterocycles. The summed E-state index contributed by atoms with van der Waals surface area (Å²) in [7, 11) is 5.22. The van der Waals surface area contributed by atoms with Crippen LogP contribution >= 0.6 is 0 Å². The van der Waals surface area contributed by atoms with E-state index >= 15 is 0 Å². The summed E-state index contributed by atoms with van der Waals surface area (Å²) in [5.74, 6) is 0.465. The van der Waals surface area contributed by atoms with Crippen molar-refractivity contribution in [1.82, 2.24) is 14.5 Å². The van der Waals surface area contributed by atoms with Crippen molar-refractivity contribution in [3.05, 3.63) is 59.7 Å². The molecule has 3 rings (SSSR count). The molecule has 5 nitrogen and oxygen atoms in total. The number of esters is 1. The summed E-state index contributed by atoms with van der Waals surface area (Å²) < 4.78 is 7.01. The Morgan fingerprint density at radius 3 is 2.62 bits per heavy atom. The number of imidazole rings is 1. The minimum absolute atomic E-state index is 0.200. The minimum atomic E-state index is -0.321. The molecule has 0 saturated carbocycles. The van der Waals surface area contributed by atoms with Crippen molar-refractivity contribution in [2.24, 2.45) is 0 Å². The van der Waals surface area contributed by atoms with Gasteiger partial charge in [0.05, 0.1) is 24.4 Å². The Morgan fingerprint density at radius 2 is 2.00 bits per heavy atom. The van der Waals surface area contributed by atoms with Gasteiger partial charge in [-0.2, -0.15) is 0 Å². The van der Waals surface area contributed by atoms with E-state index in [1.54, 1.807) is 6.20 Å². The Balaban J connectivity index is 2.24. The van der Waals surface area contributed by atoms with Gasteiger partial charge in [0.2, 0.25) is 0 Å². The SMILES string of the molecule is COC(=O)C1=C(N(C)C)c2nccn2C1c1ccccc1. The molecule has 108 valence electrons. The zero-order chi connectivity index (χ0) is 15.0. The normalized spacial score (nSPS) is 16.8. The summed E-state index contributed by atoms with van der Waals surface area (Å²) >= 11 is 0. The van der Waals surface area contributed by atoms with Gasteiger partial charge in [0.25, 0.3) is 0 Å². The number of nitrogens with zero attached hydrogens (tertiary/aromatic N) is 3. The number of hydrogen-bond donors (Lipinski definition) is 0. The zero-order valence-corrected chi connectivity index (χ0v) is 12.3. The van der Waals surface area contributed by atoms with Gasteiger partial charge in [0.1, 0.15) is 0 Å². The van der Waals surface area contributed by atoms with Crippen LogP contribution in [0.2, 0.25) is 0 Å². The summed E-state index contributed by atoms with van der Waals surface area (Å²) in [5.41, 5.74) is 2.46. The molecule has 2 heterocycles. The predicted octanol–water partition coefficient (Wildman–Crippen LogP) is 1.93. The Kier molecular flexibility index (Phi) is 3.25. The molecular formula is C16H17N3O2. The number of fused-ring (bicyclic) bond motifs is 1. The lowest BCUT2D eigenvalue weighted by atomic mass is 9.99. The lowest BCUT2D eigenvalue weighted by molar-refractivity contribution is -0.136. The number of rotatable bonds is 3. The number of carbonyl (C=O) groups is 1. The molecule has 0 fully saturated rings.